The second kappa shape index (κ2) is 24.8. The fourth-order valence-electron chi connectivity index (χ4n) is 8.02. The quantitative estimate of drug-likeness (QED) is 0.0648. The van der Waals surface area contributed by atoms with Crippen molar-refractivity contribution in [2.45, 2.75) is 77.5 Å². The molecule has 0 aromatic heterocycles. The summed E-state index contributed by atoms with van der Waals surface area (Å²) < 4.78 is 0. The zero-order chi connectivity index (χ0) is 46.2. The molecule has 4 amide bonds. The Labute approximate surface area is 385 Å². The standard InChI is InChI=1S/C54H68N4O4P2/c1-41(45-23-13-9-14-24-45)55(5)51(59)33-37-63(38-34-52(60)56(6)42(2)46-25-15-10-16-26-46)49-31-21-22-32-50(49)64(39-35-53(61)57(7)43(3)47-27-17-11-18-28-47)40-36-54(62)58(8)44(4)48-29-19-12-20-30-48/h9-32,41-44H,33-40H2,1-8H3/t41-,42-,43-,44-/m1/s1. The summed E-state index contributed by atoms with van der Waals surface area (Å²) in [5.74, 6) is 0.248. The molecule has 0 aliphatic carbocycles. The van der Waals surface area contributed by atoms with Crippen LogP contribution in [0.5, 0.6) is 0 Å². The Morgan fingerprint density at radius 3 is 0.734 bits per heavy atom. The maximum absolute atomic E-state index is 14.0. The van der Waals surface area contributed by atoms with Crippen molar-refractivity contribution in [3.05, 3.63) is 168 Å². The van der Waals surface area contributed by atoms with E-state index in [-0.39, 0.29) is 47.8 Å². The lowest BCUT2D eigenvalue weighted by molar-refractivity contribution is -0.132. The van der Waals surface area contributed by atoms with Gasteiger partial charge < -0.3 is 19.6 Å². The first-order valence-electron chi connectivity index (χ1n) is 22.6. The third-order valence-corrected chi connectivity index (χ3v) is 18.3. The number of benzene rings is 5. The van der Waals surface area contributed by atoms with Crippen molar-refractivity contribution in [2.24, 2.45) is 0 Å². The molecule has 0 saturated carbocycles. The van der Waals surface area contributed by atoms with Gasteiger partial charge in [0.25, 0.3) is 0 Å². The van der Waals surface area contributed by atoms with Gasteiger partial charge in [-0.3, -0.25) is 19.2 Å². The molecule has 0 fully saturated rings. The fourth-order valence-corrected chi connectivity index (χ4v) is 13.5. The SMILES string of the molecule is C[C@H](c1ccccc1)N(C)C(=O)CCP(CCC(=O)N(C)[C@H](C)c1ccccc1)c1ccccc1P(CCC(=O)N(C)[C@H](C)c1ccccc1)CCC(=O)N(C)[C@H](C)c1ccccc1. The van der Waals surface area contributed by atoms with Gasteiger partial charge in [0.2, 0.25) is 23.6 Å². The van der Waals surface area contributed by atoms with Crippen LogP contribution in [0.1, 0.15) is 99.8 Å². The first kappa shape index (κ1) is 49.8. The van der Waals surface area contributed by atoms with Crippen molar-refractivity contribution in [2.75, 3.05) is 52.8 Å². The summed E-state index contributed by atoms with van der Waals surface area (Å²) in [5.41, 5.74) is 4.31. The van der Waals surface area contributed by atoms with E-state index in [1.165, 1.54) is 10.6 Å². The normalized spacial score (nSPS) is 13.2. The molecule has 0 bridgehead atoms. The highest BCUT2D eigenvalue weighted by Crippen LogP contribution is 2.43. The zero-order valence-electron chi connectivity index (χ0n) is 39.1. The molecule has 64 heavy (non-hydrogen) atoms. The maximum Gasteiger partial charge on any atom is 0.223 e. The largest absolute Gasteiger partial charge is 0.339 e. The molecule has 0 radical (unpaired) electrons. The zero-order valence-corrected chi connectivity index (χ0v) is 40.9. The van der Waals surface area contributed by atoms with Gasteiger partial charge in [0.1, 0.15) is 0 Å². The Kier molecular flexibility index (Phi) is 19.3. The van der Waals surface area contributed by atoms with Crippen LogP contribution < -0.4 is 10.6 Å². The predicted molar refractivity (Wildman–Crippen MR) is 268 cm³/mol. The minimum atomic E-state index is -0.998. The van der Waals surface area contributed by atoms with Crippen LogP contribution in [0.25, 0.3) is 0 Å². The molecule has 10 heteroatoms. The second-order valence-corrected chi connectivity index (χ2v) is 21.7. The summed E-state index contributed by atoms with van der Waals surface area (Å²) in [6, 6.07) is 48.4. The van der Waals surface area contributed by atoms with Crippen LogP contribution in [0.15, 0.2) is 146 Å². The Morgan fingerprint density at radius 1 is 0.344 bits per heavy atom. The first-order chi connectivity index (χ1) is 30.8. The Bertz CT molecular complexity index is 1940. The third kappa shape index (κ3) is 13.7. The highest BCUT2D eigenvalue weighted by atomic mass is 31.1. The van der Waals surface area contributed by atoms with Crippen LogP contribution in [0, 0.1) is 0 Å². The average Bonchev–Trinajstić information content (AvgIpc) is 3.35. The molecule has 338 valence electrons. The number of carbonyl (C=O) groups is 4. The van der Waals surface area contributed by atoms with E-state index < -0.39 is 15.8 Å². The van der Waals surface area contributed by atoms with Crippen LogP contribution in [0.4, 0.5) is 0 Å². The molecule has 5 rings (SSSR count). The summed E-state index contributed by atoms with van der Waals surface area (Å²) in [7, 11) is 5.50. The lowest BCUT2D eigenvalue weighted by atomic mass is 10.1. The summed E-state index contributed by atoms with van der Waals surface area (Å²) in [6.45, 7) is 8.22. The van der Waals surface area contributed by atoms with E-state index in [0.29, 0.717) is 50.3 Å². The van der Waals surface area contributed by atoms with E-state index in [1.54, 1.807) is 0 Å². The van der Waals surface area contributed by atoms with Gasteiger partial charge in [0, 0.05) is 53.9 Å². The highest BCUT2D eigenvalue weighted by molar-refractivity contribution is 7.72. The van der Waals surface area contributed by atoms with Crippen molar-refractivity contribution < 1.29 is 19.2 Å². The number of hydrogen-bond donors (Lipinski definition) is 0. The molecule has 0 N–H and O–H groups in total. The average molecular weight is 899 g/mol. The van der Waals surface area contributed by atoms with Gasteiger partial charge in [-0.2, -0.15) is 0 Å². The molecule has 5 aromatic rings. The van der Waals surface area contributed by atoms with Crippen molar-refractivity contribution >= 4 is 50.1 Å². The van der Waals surface area contributed by atoms with Gasteiger partial charge in [-0.1, -0.05) is 161 Å². The van der Waals surface area contributed by atoms with Gasteiger partial charge in [-0.15, -0.1) is 0 Å². The van der Waals surface area contributed by atoms with Crippen molar-refractivity contribution in [1.82, 2.24) is 19.6 Å². The maximum atomic E-state index is 14.0. The Hall–Kier alpha value is -5.16. The minimum Gasteiger partial charge on any atom is -0.339 e. The first-order valence-corrected chi connectivity index (χ1v) is 26.0. The molecular formula is C54H68N4O4P2. The lowest BCUT2D eigenvalue weighted by Crippen LogP contribution is -2.34. The predicted octanol–water partition coefficient (Wildman–Crippen LogP) is 10.3. The van der Waals surface area contributed by atoms with Gasteiger partial charge in [-0.25, -0.2) is 0 Å². The van der Waals surface area contributed by atoms with Gasteiger partial charge >= 0.3 is 0 Å². The third-order valence-electron chi connectivity index (χ3n) is 13.0. The number of rotatable bonds is 22. The number of nitrogens with zero attached hydrogens (tertiary/aromatic N) is 4. The summed E-state index contributed by atoms with van der Waals surface area (Å²) in [4.78, 5) is 63.3. The summed E-state index contributed by atoms with van der Waals surface area (Å²) >= 11 is 0. The molecular weight excluding hydrogens is 831 g/mol. The van der Waals surface area contributed by atoms with E-state index in [1.807, 2.05) is 169 Å². The molecule has 4 atom stereocenters. The molecule has 5 aromatic carbocycles. The van der Waals surface area contributed by atoms with E-state index in [9.17, 15) is 19.2 Å². The van der Waals surface area contributed by atoms with Crippen molar-refractivity contribution in [1.29, 1.82) is 0 Å². The van der Waals surface area contributed by atoms with Crippen molar-refractivity contribution in [3.63, 3.8) is 0 Å². The Balaban J connectivity index is 1.43. The van der Waals surface area contributed by atoms with E-state index >= 15 is 0 Å². The van der Waals surface area contributed by atoms with Gasteiger partial charge in [-0.05, 0) is 85.2 Å². The summed E-state index contributed by atoms with van der Waals surface area (Å²) in [6.07, 6.45) is 3.87. The molecule has 0 unspecified atom stereocenters. The van der Waals surface area contributed by atoms with Gasteiger partial charge in [0.15, 0.2) is 0 Å². The second-order valence-electron chi connectivity index (χ2n) is 16.8. The topological polar surface area (TPSA) is 81.2 Å². The molecule has 0 aliphatic rings. The molecule has 0 heterocycles. The number of amides is 4. The molecule has 0 spiro atoms. The van der Waals surface area contributed by atoms with Crippen LogP contribution in [-0.2, 0) is 19.2 Å². The number of hydrogen-bond acceptors (Lipinski definition) is 4. The van der Waals surface area contributed by atoms with E-state index in [4.69, 9.17) is 0 Å². The lowest BCUT2D eigenvalue weighted by Gasteiger charge is -2.30. The molecule has 0 saturated heterocycles. The molecule has 8 nitrogen and oxygen atoms in total. The van der Waals surface area contributed by atoms with Crippen LogP contribution in [0.3, 0.4) is 0 Å². The minimum absolute atomic E-state index is 0.0621. The number of carbonyl (C=O) groups excluding carboxylic acids is 4. The van der Waals surface area contributed by atoms with Gasteiger partial charge in [0.05, 0.1) is 24.2 Å². The van der Waals surface area contributed by atoms with Crippen molar-refractivity contribution in [3.8, 4) is 0 Å². The van der Waals surface area contributed by atoms with Crippen LogP contribution in [-0.4, -0.2) is 96.1 Å². The van der Waals surface area contributed by atoms with E-state index in [0.717, 1.165) is 22.3 Å². The monoisotopic (exact) mass is 898 g/mol. The fraction of sp³-hybridized carbons (Fsp3) is 0.370. The smallest absolute Gasteiger partial charge is 0.223 e. The highest BCUT2D eigenvalue weighted by Gasteiger charge is 2.28. The summed E-state index contributed by atoms with van der Waals surface area (Å²) in [5, 5.41) is 2.33. The van der Waals surface area contributed by atoms with Crippen LogP contribution >= 0.6 is 15.8 Å². The van der Waals surface area contributed by atoms with E-state index in [2.05, 4.69) is 52.0 Å². The molecule has 0 aliphatic heterocycles. The van der Waals surface area contributed by atoms with Crippen LogP contribution in [0.2, 0.25) is 0 Å². The Morgan fingerprint density at radius 2 is 0.531 bits per heavy atom.